The number of likely N-dealkylation sites (tertiary alicyclic amines) is 1. The second kappa shape index (κ2) is 5.90. The van der Waals surface area contributed by atoms with Crippen molar-refractivity contribution in [3.05, 3.63) is 24.3 Å². The van der Waals surface area contributed by atoms with E-state index in [1.165, 1.54) is 23.1 Å². The third-order valence-electron chi connectivity index (χ3n) is 4.05. The summed E-state index contributed by atoms with van der Waals surface area (Å²) >= 11 is 0. The first-order valence-corrected chi connectivity index (χ1v) is 8.92. The smallest absolute Gasteiger partial charge is 0.272 e. The molecule has 1 aromatic heterocycles. The van der Waals surface area contributed by atoms with E-state index in [2.05, 4.69) is 9.97 Å². The molecule has 1 aromatic rings. The average Bonchev–Trinajstić information content (AvgIpc) is 2.78. The van der Waals surface area contributed by atoms with Gasteiger partial charge in [0, 0.05) is 38.3 Å². The molecule has 22 heavy (non-hydrogen) atoms. The number of ether oxygens (including phenoxy) is 1. The second-order valence-electron chi connectivity index (χ2n) is 5.60. The first-order valence-electron chi connectivity index (χ1n) is 7.07. The molecule has 2 atom stereocenters. The van der Waals surface area contributed by atoms with E-state index in [-0.39, 0.29) is 17.9 Å². The zero-order chi connectivity index (χ0) is 15.7. The summed E-state index contributed by atoms with van der Waals surface area (Å²) in [6.45, 7) is 2.04. The van der Waals surface area contributed by atoms with Gasteiger partial charge in [-0.15, -0.1) is 0 Å². The molecule has 1 amide bonds. The van der Waals surface area contributed by atoms with Crippen LogP contribution in [0.4, 0.5) is 0 Å². The minimum Gasteiger partial charge on any atom is -0.375 e. The molecule has 3 heterocycles. The molecule has 0 radical (unpaired) electrons. The number of nitrogens with zero attached hydrogens (tertiary/aromatic N) is 4. The van der Waals surface area contributed by atoms with Crippen molar-refractivity contribution in [1.29, 1.82) is 0 Å². The zero-order valence-electron chi connectivity index (χ0n) is 12.3. The van der Waals surface area contributed by atoms with Gasteiger partial charge < -0.3 is 9.64 Å². The van der Waals surface area contributed by atoms with Crippen molar-refractivity contribution in [2.24, 2.45) is 5.92 Å². The number of fused-ring (bicyclic) bond motifs is 1. The summed E-state index contributed by atoms with van der Waals surface area (Å²) in [6.07, 6.45) is 3.93. The average molecular weight is 326 g/mol. The van der Waals surface area contributed by atoms with Gasteiger partial charge in [-0.1, -0.05) is 0 Å². The molecule has 2 saturated heterocycles. The highest BCUT2D eigenvalue weighted by Crippen LogP contribution is 2.25. The lowest BCUT2D eigenvalue weighted by molar-refractivity contribution is 0.0490. The van der Waals surface area contributed by atoms with Crippen molar-refractivity contribution in [3.8, 4) is 0 Å². The summed E-state index contributed by atoms with van der Waals surface area (Å²) in [6, 6.07) is 1.57. The fourth-order valence-corrected chi connectivity index (χ4v) is 3.78. The molecular formula is C13H18N4O4S. The molecule has 0 N–H and O–H groups in total. The highest BCUT2D eigenvalue weighted by atomic mass is 32.2. The number of hydrogen-bond donors (Lipinski definition) is 0. The van der Waals surface area contributed by atoms with Gasteiger partial charge in [0.2, 0.25) is 10.0 Å². The van der Waals surface area contributed by atoms with Crippen LogP contribution < -0.4 is 0 Å². The normalized spacial score (nSPS) is 26.5. The molecule has 3 rings (SSSR count). The number of hydrogen-bond acceptors (Lipinski definition) is 6. The van der Waals surface area contributed by atoms with Crippen molar-refractivity contribution in [3.63, 3.8) is 0 Å². The molecule has 2 aliphatic rings. The maximum Gasteiger partial charge on any atom is 0.272 e. The fraction of sp³-hybridized carbons (Fsp3) is 0.615. The van der Waals surface area contributed by atoms with Crippen LogP contribution in [0.2, 0.25) is 0 Å². The van der Waals surface area contributed by atoms with Crippen LogP contribution in [0, 0.1) is 5.92 Å². The molecule has 0 spiro atoms. The highest BCUT2D eigenvalue weighted by molar-refractivity contribution is 7.88. The van der Waals surface area contributed by atoms with E-state index in [1.54, 1.807) is 11.0 Å². The molecule has 2 aliphatic heterocycles. The Balaban J connectivity index is 1.72. The SMILES string of the molecule is CS(=O)(=O)N1CCO[C@H]2CN(C(=O)c3ccncn3)C[C@H]2C1. The van der Waals surface area contributed by atoms with E-state index in [0.29, 0.717) is 38.5 Å². The highest BCUT2D eigenvalue weighted by Gasteiger charge is 2.40. The summed E-state index contributed by atoms with van der Waals surface area (Å²) in [5.41, 5.74) is 0.339. The quantitative estimate of drug-likeness (QED) is 0.707. The maximum absolute atomic E-state index is 12.4. The largest absolute Gasteiger partial charge is 0.375 e. The second-order valence-corrected chi connectivity index (χ2v) is 7.58. The molecule has 9 heteroatoms. The zero-order valence-corrected chi connectivity index (χ0v) is 13.1. The topological polar surface area (TPSA) is 92.7 Å². The van der Waals surface area contributed by atoms with Gasteiger partial charge in [0.15, 0.2) is 0 Å². The minimum absolute atomic E-state index is 0.0111. The van der Waals surface area contributed by atoms with E-state index in [1.807, 2.05) is 0 Å². The molecule has 0 bridgehead atoms. The molecule has 120 valence electrons. The van der Waals surface area contributed by atoms with Crippen molar-refractivity contribution in [2.45, 2.75) is 6.10 Å². The van der Waals surface area contributed by atoms with Crippen LogP contribution in [-0.2, 0) is 14.8 Å². The number of carbonyl (C=O) groups is 1. The lowest BCUT2D eigenvalue weighted by Gasteiger charge is -2.21. The lowest BCUT2D eigenvalue weighted by Crippen LogP contribution is -2.37. The Hall–Kier alpha value is -1.58. The number of rotatable bonds is 2. The third kappa shape index (κ3) is 3.11. The van der Waals surface area contributed by atoms with Gasteiger partial charge in [0.1, 0.15) is 12.0 Å². The fourth-order valence-electron chi connectivity index (χ4n) is 2.91. The Kier molecular flexibility index (Phi) is 4.11. The minimum atomic E-state index is -3.25. The summed E-state index contributed by atoms with van der Waals surface area (Å²) in [5, 5.41) is 0. The van der Waals surface area contributed by atoms with Crippen LogP contribution in [-0.4, -0.2) is 78.6 Å². The summed E-state index contributed by atoms with van der Waals surface area (Å²) in [5.74, 6) is -0.187. The van der Waals surface area contributed by atoms with Crippen LogP contribution >= 0.6 is 0 Å². The van der Waals surface area contributed by atoms with Crippen LogP contribution in [0.1, 0.15) is 10.5 Å². The van der Waals surface area contributed by atoms with E-state index in [4.69, 9.17) is 4.74 Å². The van der Waals surface area contributed by atoms with Crippen molar-refractivity contribution >= 4 is 15.9 Å². The van der Waals surface area contributed by atoms with Gasteiger partial charge in [-0.3, -0.25) is 4.79 Å². The predicted octanol–water partition coefficient (Wildman–Crippen LogP) is -0.791. The van der Waals surface area contributed by atoms with Gasteiger partial charge in [-0.25, -0.2) is 18.4 Å². The predicted molar refractivity (Wildman–Crippen MR) is 77.6 cm³/mol. The number of carbonyl (C=O) groups excluding carboxylic acids is 1. The summed E-state index contributed by atoms with van der Waals surface area (Å²) < 4.78 is 30.6. The number of aromatic nitrogens is 2. The number of sulfonamides is 1. The van der Waals surface area contributed by atoms with E-state index >= 15 is 0 Å². The molecular weight excluding hydrogens is 308 g/mol. The third-order valence-corrected chi connectivity index (χ3v) is 5.32. The Labute approximate surface area is 129 Å². The lowest BCUT2D eigenvalue weighted by atomic mass is 10.1. The van der Waals surface area contributed by atoms with Crippen LogP contribution in [0.3, 0.4) is 0 Å². The van der Waals surface area contributed by atoms with Gasteiger partial charge in [0.05, 0.1) is 19.0 Å². The molecule has 0 saturated carbocycles. The van der Waals surface area contributed by atoms with Crippen LogP contribution in [0.25, 0.3) is 0 Å². The van der Waals surface area contributed by atoms with Gasteiger partial charge >= 0.3 is 0 Å². The van der Waals surface area contributed by atoms with E-state index < -0.39 is 10.0 Å². The monoisotopic (exact) mass is 326 g/mol. The van der Waals surface area contributed by atoms with E-state index in [9.17, 15) is 13.2 Å². The Morgan fingerprint density at radius 2 is 2.18 bits per heavy atom. The van der Waals surface area contributed by atoms with Crippen molar-refractivity contribution in [2.75, 3.05) is 39.0 Å². The first kappa shape index (κ1) is 15.3. The molecule has 0 aromatic carbocycles. The Morgan fingerprint density at radius 1 is 1.36 bits per heavy atom. The molecule has 0 unspecified atom stereocenters. The summed E-state index contributed by atoms with van der Waals surface area (Å²) in [4.78, 5) is 21.8. The van der Waals surface area contributed by atoms with Crippen LogP contribution in [0.5, 0.6) is 0 Å². The first-order chi connectivity index (χ1) is 10.4. The van der Waals surface area contributed by atoms with E-state index in [0.717, 1.165) is 0 Å². The Morgan fingerprint density at radius 3 is 2.86 bits per heavy atom. The molecule has 8 nitrogen and oxygen atoms in total. The standard InChI is InChI=1S/C13H18N4O4S/c1-22(19,20)17-4-5-21-12-8-16(6-10(12)7-17)13(18)11-2-3-14-9-15-11/h2-3,9-10,12H,4-8H2,1H3/t10-,12-/m0/s1. The summed E-state index contributed by atoms with van der Waals surface area (Å²) in [7, 11) is -3.25. The van der Waals surface area contributed by atoms with Gasteiger partial charge in [0.25, 0.3) is 5.91 Å². The maximum atomic E-state index is 12.4. The van der Waals surface area contributed by atoms with Gasteiger partial charge in [-0.2, -0.15) is 4.31 Å². The van der Waals surface area contributed by atoms with Crippen molar-refractivity contribution in [1.82, 2.24) is 19.2 Å². The van der Waals surface area contributed by atoms with Crippen LogP contribution in [0.15, 0.2) is 18.6 Å². The van der Waals surface area contributed by atoms with Gasteiger partial charge in [-0.05, 0) is 6.07 Å². The van der Waals surface area contributed by atoms with Crippen molar-refractivity contribution < 1.29 is 17.9 Å². The Bertz CT molecular complexity index is 651. The number of amides is 1. The molecule has 2 fully saturated rings. The molecule has 0 aliphatic carbocycles.